The molecule has 0 amide bonds. The van der Waals surface area contributed by atoms with Gasteiger partial charge in [-0.15, -0.1) is 0 Å². The molecule has 2 heterocycles. The lowest BCUT2D eigenvalue weighted by molar-refractivity contribution is 0.519. The van der Waals surface area contributed by atoms with Crippen molar-refractivity contribution in [3.8, 4) is 0 Å². The normalized spacial score (nSPS) is 20.5. The van der Waals surface area contributed by atoms with E-state index < -0.39 is 0 Å². The molecule has 0 saturated carbocycles. The summed E-state index contributed by atoms with van der Waals surface area (Å²) in [4.78, 5) is 5.41. The lowest BCUT2D eigenvalue weighted by Gasteiger charge is -2.21. The number of rotatable bonds is 3. The van der Waals surface area contributed by atoms with Gasteiger partial charge in [-0.2, -0.15) is 0 Å². The monoisotopic (exact) mass is 285 g/mol. The first-order valence-electron chi connectivity index (χ1n) is 6.96. The van der Waals surface area contributed by atoms with Gasteiger partial charge in [-0.3, -0.25) is 0 Å². The van der Waals surface area contributed by atoms with Crippen LogP contribution in [0.25, 0.3) is 10.9 Å². The fourth-order valence-electron chi connectivity index (χ4n) is 3.00. The quantitative estimate of drug-likeness (QED) is 0.848. The summed E-state index contributed by atoms with van der Waals surface area (Å²) in [7, 11) is 0. The smallest absolute Gasteiger partial charge is 0.173 e. The molecule has 2 N–H and O–H groups in total. The molecule has 1 aliphatic heterocycles. The van der Waals surface area contributed by atoms with E-state index in [2.05, 4.69) is 60.0 Å². The number of fused-ring (bicyclic) bond motifs is 1. The third kappa shape index (κ3) is 1.91. The van der Waals surface area contributed by atoms with Crippen molar-refractivity contribution in [2.24, 2.45) is 0 Å². The molecular formula is C16H19N3S. The van der Waals surface area contributed by atoms with Crippen molar-refractivity contribution >= 4 is 28.2 Å². The summed E-state index contributed by atoms with van der Waals surface area (Å²) in [6.07, 6.45) is 2.10. The zero-order chi connectivity index (χ0) is 14.3. The third-order valence-electron chi connectivity index (χ3n) is 4.16. The van der Waals surface area contributed by atoms with Crippen molar-refractivity contribution in [1.82, 2.24) is 15.2 Å². The molecule has 0 spiro atoms. The summed E-state index contributed by atoms with van der Waals surface area (Å²) in [6, 6.07) is 8.55. The number of para-hydroxylation sites is 1. The first-order chi connectivity index (χ1) is 9.63. The van der Waals surface area contributed by atoms with E-state index in [4.69, 9.17) is 12.2 Å². The van der Waals surface area contributed by atoms with Crippen LogP contribution in [-0.2, 0) is 0 Å². The lowest BCUT2D eigenvalue weighted by Crippen LogP contribution is -2.30. The van der Waals surface area contributed by atoms with Gasteiger partial charge < -0.3 is 15.2 Å². The van der Waals surface area contributed by atoms with Crippen LogP contribution in [0.2, 0.25) is 0 Å². The van der Waals surface area contributed by atoms with Crippen molar-refractivity contribution in [3.63, 3.8) is 0 Å². The minimum absolute atomic E-state index is 0.168. The second-order valence-corrected chi connectivity index (χ2v) is 5.63. The first-order valence-corrected chi connectivity index (χ1v) is 7.37. The minimum atomic E-state index is 0.168. The number of aromatic nitrogens is 1. The van der Waals surface area contributed by atoms with Gasteiger partial charge in [0, 0.05) is 35.3 Å². The van der Waals surface area contributed by atoms with E-state index in [1.54, 1.807) is 0 Å². The van der Waals surface area contributed by atoms with E-state index in [-0.39, 0.29) is 6.04 Å². The van der Waals surface area contributed by atoms with E-state index in [0.29, 0.717) is 5.92 Å². The second kappa shape index (κ2) is 4.94. The second-order valence-electron chi connectivity index (χ2n) is 5.24. The number of benzene rings is 1. The molecule has 2 atom stereocenters. The van der Waals surface area contributed by atoms with Crippen LogP contribution >= 0.6 is 12.2 Å². The molecule has 1 aromatic carbocycles. The molecule has 2 aromatic rings. The summed E-state index contributed by atoms with van der Waals surface area (Å²) < 4.78 is 0. The number of nitrogens with one attached hydrogen (secondary N) is 2. The number of hydrogen-bond donors (Lipinski definition) is 2. The van der Waals surface area contributed by atoms with E-state index in [9.17, 15) is 0 Å². The van der Waals surface area contributed by atoms with Gasteiger partial charge in [0.1, 0.15) is 0 Å². The zero-order valence-corrected chi connectivity index (χ0v) is 12.6. The van der Waals surface area contributed by atoms with Gasteiger partial charge in [-0.25, -0.2) is 0 Å². The summed E-state index contributed by atoms with van der Waals surface area (Å²) in [5.41, 5.74) is 3.54. The predicted octanol–water partition coefficient (Wildman–Crippen LogP) is 3.36. The van der Waals surface area contributed by atoms with Gasteiger partial charge in [0.2, 0.25) is 0 Å². The Balaban J connectivity index is 1.95. The molecule has 0 bridgehead atoms. The van der Waals surface area contributed by atoms with Crippen molar-refractivity contribution in [2.75, 3.05) is 6.54 Å². The maximum Gasteiger partial charge on any atom is 0.173 e. The molecule has 0 radical (unpaired) electrons. The van der Waals surface area contributed by atoms with Crippen LogP contribution in [0, 0.1) is 0 Å². The van der Waals surface area contributed by atoms with E-state index in [0.717, 1.165) is 17.4 Å². The summed E-state index contributed by atoms with van der Waals surface area (Å²) in [5, 5.41) is 5.46. The van der Waals surface area contributed by atoms with Crippen molar-refractivity contribution in [3.05, 3.63) is 48.3 Å². The molecule has 1 fully saturated rings. The highest BCUT2D eigenvalue weighted by atomic mass is 32.1. The van der Waals surface area contributed by atoms with Crippen molar-refractivity contribution in [2.45, 2.75) is 25.8 Å². The molecule has 1 aromatic heterocycles. The number of nitrogens with zero attached hydrogens (tertiary/aromatic N) is 1. The van der Waals surface area contributed by atoms with Gasteiger partial charge in [0.15, 0.2) is 5.11 Å². The van der Waals surface area contributed by atoms with Gasteiger partial charge in [0.05, 0.1) is 6.04 Å². The molecule has 3 rings (SSSR count). The van der Waals surface area contributed by atoms with Crippen molar-refractivity contribution in [1.29, 1.82) is 0 Å². The Morgan fingerprint density at radius 2 is 2.15 bits per heavy atom. The Kier molecular flexibility index (Phi) is 3.26. The standard InChI is InChI=1S/C16H19N3S/c1-4-19-11(3)15(18-16(19)20)10(2)13-9-17-14-8-6-5-7-12(13)14/h5-10,15,17H,3-4H2,1-2H3,(H,18,20). The molecule has 3 nitrogen and oxygen atoms in total. The largest absolute Gasteiger partial charge is 0.361 e. The molecule has 2 unspecified atom stereocenters. The molecule has 104 valence electrons. The SMILES string of the molecule is C=C1C(C(C)c2c[nH]c3ccccc23)NC(=S)N1CC. The van der Waals surface area contributed by atoms with E-state index in [1.807, 2.05) is 6.07 Å². The minimum Gasteiger partial charge on any atom is -0.361 e. The Morgan fingerprint density at radius 3 is 2.85 bits per heavy atom. The molecular weight excluding hydrogens is 266 g/mol. The Morgan fingerprint density at radius 1 is 1.40 bits per heavy atom. The van der Waals surface area contributed by atoms with Gasteiger partial charge in [-0.05, 0) is 30.8 Å². The van der Waals surface area contributed by atoms with Crippen LogP contribution in [-0.4, -0.2) is 27.6 Å². The van der Waals surface area contributed by atoms with Gasteiger partial charge >= 0.3 is 0 Å². The third-order valence-corrected chi connectivity index (χ3v) is 4.50. The number of H-pyrrole nitrogens is 1. The van der Waals surface area contributed by atoms with Crippen LogP contribution in [0.15, 0.2) is 42.7 Å². The van der Waals surface area contributed by atoms with Crippen LogP contribution in [0.5, 0.6) is 0 Å². The van der Waals surface area contributed by atoms with E-state index >= 15 is 0 Å². The average Bonchev–Trinajstić information content (AvgIpc) is 2.99. The highest BCUT2D eigenvalue weighted by Crippen LogP contribution is 2.33. The molecule has 0 aliphatic carbocycles. The maximum absolute atomic E-state index is 5.38. The number of thiocarbonyl (C=S) groups is 1. The average molecular weight is 285 g/mol. The van der Waals surface area contributed by atoms with E-state index in [1.165, 1.54) is 16.5 Å². The number of likely N-dealkylation sites (N-methyl/N-ethyl adjacent to an activating group) is 1. The van der Waals surface area contributed by atoms with Crippen LogP contribution in [0.1, 0.15) is 25.3 Å². The summed E-state index contributed by atoms with van der Waals surface area (Å²) in [6.45, 7) is 9.40. The van der Waals surface area contributed by atoms with Gasteiger partial charge in [0.25, 0.3) is 0 Å². The number of hydrogen-bond acceptors (Lipinski definition) is 1. The Hall–Kier alpha value is -1.81. The van der Waals surface area contributed by atoms with Crippen molar-refractivity contribution < 1.29 is 0 Å². The first kappa shape index (κ1) is 13.2. The molecule has 20 heavy (non-hydrogen) atoms. The highest BCUT2D eigenvalue weighted by molar-refractivity contribution is 7.80. The van der Waals surface area contributed by atoms with Crippen LogP contribution in [0.3, 0.4) is 0 Å². The lowest BCUT2D eigenvalue weighted by atomic mass is 9.92. The topological polar surface area (TPSA) is 31.1 Å². The highest BCUT2D eigenvalue weighted by Gasteiger charge is 2.34. The molecule has 1 aliphatic rings. The fraction of sp³-hybridized carbons (Fsp3) is 0.312. The maximum atomic E-state index is 5.38. The molecule has 1 saturated heterocycles. The summed E-state index contributed by atoms with van der Waals surface area (Å²) in [5.74, 6) is 0.313. The van der Waals surface area contributed by atoms with Crippen LogP contribution < -0.4 is 5.32 Å². The number of aromatic amines is 1. The Bertz CT molecular complexity index is 673. The fourth-order valence-corrected chi connectivity index (χ4v) is 3.38. The molecule has 4 heteroatoms. The van der Waals surface area contributed by atoms with Gasteiger partial charge in [-0.1, -0.05) is 31.7 Å². The summed E-state index contributed by atoms with van der Waals surface area (Å²) >= 11 is 5.38. The zero-order valence-electron chi connectivity index (χ0n) is 11.8. The Labute approximate surface area is 124 Å². The predicted molar refractivity (Wildman–Crippen MR) is 87.8 cm³/mol. The van der Waals surface area contributed by atoms with Crippen LogP contribution in [0.4, 0.5) is 0 Å².